The minimum atomic E-state index is -0.489. The van der Waals surface area contributed by atoms with Gasteiger partial charge in [0.25, 0.3) is 0 Å². The van der Waals surface area contributed by atoms with Crippen molar-refractivity contribution < 1.29 is 13.9 Å². The largest absolute Gasteiger partial charge is 0.492 e. The third-order valence-corrected chi connectivity index (χ3v) is 3.93. The van der Waals surface area contributed by atoms with Gasteiger partial charge in [0.1, 0.15) is 11.6 Å². The Morgan fingerprint density at radius 3 is 2.70 bits per heavy atom. The fourth-order valence-corrected chi connectivity index (χ4v) is 2.61. The predicted octanol–water partition coefficient (Wildman–Crippen LogP) is 5.69. The SMILES string of the molecule is O=C(CCCOc1ccc(Cl)cc1Cl)Nc1ccc(Br)cc1F. The molecule has 0 aliphatic heterocycles. The first-order valence-corrected chi connectivity index (χ1v) is 8.33. The van der Waals surface area contributed by atoms with E-state index < -0.39 is 5.82 Å². The number of rotatable bonds is 6. The molecule has 23 heavy (non-hydrogen) atoms. The summed E-state index contributed by atoms with van der Waals surface area (Å²) in [6.07, 6.45) is 0.684. The second-order valence-electron chi connectivity index (χ2n) is 4.70. The van der Waals surface area contributed by atoms with Crippen molar-refractivity contribution in [1.82, 2.24) is 0 Å². The number of halogens is 4. The van der Waals surface area contributed by atoms with Gasteiger partial charge in [0.05, 0.1) is 17.3 Å². The van der Waals surface area contributed by atoms with Gasteiger partial charge in [-0.3, -0.25) is 4.79 Å². The molecule has 7 heteroatoms. The molecule has 0 aliphatic rings. The van der Waals surface area contributed by atoms with Crippen LogP contribution in [0.3, 0.4) is 0 Å². The fraction of sp³-hybridized carbons (Fsp3) is 0.188. The van der Waals surface area contributed by atoms with E-state index in [1.54, 1.807) is 24.3 Å². The number of hydrogen-bond acceptors (Lipinski definition) is 2. The Bertz CT molecular complexity index is 712. The highest BCUT2D eigenvalue weighted by Crippen LogP contribution is 2.27. The molecule has 2 aromatic rings. The van der Waals surface area contributed by atoms with Crippen molar-refractivity contribution >= 4 is 50.7 Å². The van der Waals surface area contributed by atoms with Crippen molar-refractivity contribution in [2.45, 2.75) is 12.8 Å². The topological polar surface area (TPSA) is 38.3 Å². The van der Waals surface area contributed by atoms with Gasteiger partial charge in [-0.2, -0.15) is 0 Å². The van der Waals surface area contributed by atoms with Crippen LogP contribution in [0, 0.1) is 5.82 Å². The lowest BCUT2D eigenvalue weighted by Crippen LogP contribution is -2.13. The summed E-state index contributed by atoms with van der Waals surface area (Å²) in [4.78, 5) is 11.8. The smallest absolute Gasteiger partial charge is 0.224 e. The Balaban J connectivity index is 1.76. The van der Waals surface area contributed by atoms with Crippen molar-refractivity contribution in [3.05, 3.63) is 56.7 Å². The highest BCUT2D eigenvalue weighted by Gasteiger charge is 2.08. The van der Waals surface area contributed by atoms with E-state index in [-0.39, 0.29) is 18.0 Å². The van der Waals surface area contributed by atoms with Crippen LogP contribution >= 0.6 is 39.1 Å². The normalized spacial score (nSPS) is 10.4. The molecule has 0 radical (unpaired) electrons. The van der Waals surface area contributed by atoms with Gasteiger partial charge in [0.2, 0.25) is 5.91 Å². The van der Waals surface area contributed by atoms with Crippen molar-refractivity contribution in [2.75, 3.05) is 11.9 Å². The number of carbonyl (C=O) groups excluding carboxylic acids is 1. The third kappa shape index (κ3) is 5.68. The summed E-state index contributed by atoms with van der Waals surface area (Å²) in [5.74, 6) is -0.260. The molecular weight excluding hydrogens is 408 g/mol. The van der Waals surface area contributed by atoms with Crippen LogP contribution in [0.4, 0.5) is 10.1 Å². The number of benzene rings is 2. The zero-order chi connectivity index (χ0) is 16.8. The maximum Gasteiger partial charge on any atom is 0.224 e. The van der Waals surface area contributed by atoms with Crippen LogP contribution in [0.2, 0.25) is 10.0 Å². The second-order valence-corrected chi connectivity index (χ2v) is 6.46. The van der Waals surface area contributed by atoms with Crippen LogP contribution in [0.5, 0.6) is 5.75 Å². The summed E-state index contributed by atoms with van der Waals surface area (Å²) in [5.41, 5.74) is 0.153. The second kappa shape index (κ2) is 8.52. The Kier molecular flexibility index (Phi) is 6.69. The number of carbonyl (C=O) groups is 1. The number of anilines is 1. The highest BCUT2D eigenvalue weighted by atomic mass is 79.9. The molecule has 0 aliphatic carbocycles. The molecule has 0 unspecified atom stereocenters. The minimum Gasteiger partial charge on any atom is -0.492 e. The molecule has 0 spiro atoms. The van der Waals surface area contributed by atoms with Gasteiger partial charge in [-0.25, -0.2) is 4.39 Å². The van der Waals surface area contributed by atoms with E-state index in [2.05, 4.69) is 21.2 Å². The number of amides is 1. The van der Waals surface area contributed by atoms with Crippen LogP contribution < -0.4 is 10.1 Å². The molecule has 1 amide bonds. The molecule has 1 N–H and O–H groups in total. The van der Waals surface area contributed by atoms with Crippen molar-refractivity contribution in [3.63, 3.8) is 0 Å². The average molecular weight is 421 g/mol. The standard InChI is InChI=1S/C16H13BrCl2FNO2/c17-10-3-5-14(13(20)8-10)21-16(22)2-1-7-23-15-6-4-11(18)9-12(15)19/h3-6,8-9H,1-2,7H2,(H,21,22). The molecule has 3 nitrogen and oxygen atoms in total. The fourth-order valence-electron chi connectivity index (χ4n) is 1.81. The van der Waals surface area contributed by atoms with Gasteiger partial charge in [-0.15, -0.1) is 0 Å². The van der Waals surface area contributed by atoms with Gasteiger partial charge >= 0.3 is 0 Å². The molecular formula is C16H13BrCl2FNO2. The number of hydrogen-bond donors (Lipinski definition) is 1. The summed E-state index contributed by atoms with van der Waals surface area (Å²) >= 11 is 14.9. The van der Waals surface area contributed by atoms with E-state index in [9.17, 15) is 9.18 Å². The van der Waals surface area contributed by atoms with Crippen LogP contribution in [-0.2, 0) is 4.79 Å². The Morgan fingerprint density at radius 1 is 1.22 bits per heavy atom. The Labute approximate surface area is 151 Å². The molecule has 0 bridgehead atoms. The molecule has 2 aromatic carbocycles. The minimum absolute atomic E-state index is 0.153. The summed E-state index contributed by atoms with van der Waals surface area (Å²) in [6.45, 7) is 0.317. The molecule has 0 fully saturated rings. The quantitative estimate of drug-likeness (QED) is 0.609. The van der Waals surface area contributed by atoms with Gasteiger partial charge < -0.3 is 10.1 Å². The highest BCUT2D eigenvalue weighted by molar-refractivity contribution is 9.10. The third-order valence-electron chi connectivity index (χ3n) is 2.90. The van der Waals surface area contributed by atoms with Crippen LogP contribution in [-0.4, -0.2) is 12.5 Å². The average Bonchev–Trinajstić information content (AvgIpc) is 2.48. The van der Waals surface area contributed by atoms with E-state index in [1.807, 2.05) is 0 Å². The summed E-state index contributed by atoms with van der Waals surface area (Å²) < 4.78 is 19.7. The Morgan fingerprint density at radius 2 is 2.00 bits per heavy atom. The number of ether oxygens (including phenoxy) is 1. The van der Waals surface area contributed by atoms with Crippen LogP contribution in [0.25, 0.3) is 0 Å². The first-order chi connectivity index (χ1) is 11.0. The summed E-state index contributed by atoms with van der Waals surface area (Å²) in [7, 11) is 0. The van der Waals surface area contributed by atoms with Crippen LogP contribution in [0.1, 0.15) is 12.8 Å². The summed E-state index contributed by atoms with van der Waals surface area (Å²) in [5, 5.41) is 3.46. The molecule has 0 saturated carbocycles. The predicted molar refractivity (Wildman–Crippen MR) is 93.9 cm³/mol. The van der Waals surface area contributed by atoms with Crippen molar-refractivity contribution in [1.29, 1.82) is 0 Å². The molecule has 0 atom stereocenters. The maximum atomic E-state index is 13.6. The Hall–Kier alpha value is -1.30. The first kappa shape index (κ1) is 18.0. The van der Waals surface area contributed by atoms with Gasteiger partial charge in [0.15, 0.2) is 0 Å². The van der Waals surface area contributed by atoms with Gasteiger partial charge in [-0.1, -0.05) is 39.1 Å². The van der Waals surface area contributed by atoms with E-state index >= 15 is 0 Å². The zero-order valence-corrected chi connectivity index (χ0v) is 15.0. The zero-order valence-electron chi connectivity index (χ0n) is 11.9. The molecule has 2 rings (SSSR count). The summed E-state index contributed by atoms with van der Waals surface area (Å²) in [6, 6.07) is 9.38. The van der Waals surface area contributed by atoms with Crippen LogP contribution in [0.15, 0.2) is 40.9 Å². The van der Waals surface area contributed by atoms with E-state index in [4.69, 9.17) is 27.9 Å². The first-order valence-electron chi connectivity index (χ1n) is 6.78. The van der Waals surface area contributed by atoms with Crippen molar-refractivity contribution in [2.24, 2.45) is 0 Å². The molecule has 0 aromatic heterocycles. The number of nitrogens with one attached hydrogen (secondary N) is 1. The van der Waals surface area contributed by atoms with Gasteiger partial charge in [-0.05, 0) is 42.8 Å². The maximum absolute atomic E-state index is 13.6. The monoisotopic (exact) mass is 419 g/mol. The molecule has 0 heterocycles. The van der Waals surface area contributed by atoms with E-state index in [0.29, 0.717) is 33.3 Å². The molecule has 122 valence electrons. The van der Waals surface area contributed by atoms with Gasteiger partial charge in [0, 0.05) is 15.9 Å². The van der Waals surface area contributed by atoms with E-state index in [1.165, 1.54) is 12.1 Å². The van der Waals surface area contributed by atoms with Crippen molar-refractivity contribution in [3.8, 4) is 5.75 Å². The molecule has 0 saturated heterocycles. The lowest BCUT2D eigenvalue weighted by molar-refractivity contribution is -0.116. The lowest BCUT2D eigenvalue weighted by Gasteiger charge is -2.09. The lowest BCUT2D eigenvalue weighted by atomic mass is 10.2. The van der Waals surface area contributed by atoms with E-state index in [0.717, 1.165) is 0 Å².